The Morgan fingerprint density at radius 3 is 1.94 bits per heavy atom. The van der Waals surface area contributed by atoms with E-state index in [0.717, 1.165) is 5.47 Å². The van der Waals surface area contributed by atoms with E-state index in [9.17, 15) is 0 Å². The van der Waals surface area contributed by atoms with Gasteiger partial charge in [-0.1, -0.05) is 6.58 Å². The van der Waals surface area contributed by atoms with Gasteiger partial charge in [0.2, 0.25) is 0 Å². The van der Waals surface area contributed by atoms with E-state index in [0.29, 0.717) is 0 Å². The van der Waals surface area contributed by atoms with Gasteiger partial charge in [-0.05, 0) is 45.4 Å². The Bertz CT molecular complexity index is 292. The summed E-state index contributed by atoms with van der Waals surface area (Å²) in [6.45, 7) is 12.1. The second kappa shape index (κ2) is 4.26. The van der Waals surface area contributed by atoms with Crippen LogP contribution in [0.2, 0.25) is 0 Å². The Hall–Kier alpha value is -0.735. The molecule has 0 aromatic carbocycles. The van der Waals surface area contributed by atoms with Gasteiger partial charge in [0, 0.05) is 14.1 Å². The molecule has 1 fully saturated rings. The molecule has 3 nitrogen and oxygen atoms in total. The smallest absolute Gasteiger partial charge is 0.399 e. The van der Waals surface area contributed by atoms with Crippen molar-refractivity contribution < 1.29 is 9.31 Å². The third kappa shape index (κ3) is 2.68. The second-order valence-corrected chi connectivity index (χ2v) is 5.44. The summed E-state index contributed by atoms with van der Waals surface area (Å²) in [4.78, 5) is 1.95. The maximum atomic E-state index is 5.87. The first-order valence-corrected chi connectivity index (χ1v) is 5.55. The lowest BCUT2D eigenvalue weighted by molar-refractivity contribution is 0.00578. The molecule has 0 aromatic heterocycles. The van der Waals surface area contributed by atoms with Crippen molar-refractivity contribution in [2.24, 2.45) is 0 Å². The second-order valence-electron chi connectivity index (χ2n) is 5.44. The zero-order valence-electron chi connectivity index (χ0n) is 11.2. The van der Waals surface area contributed by atoms with Crippen LogP contribution in [0, 0.1) is 0 Å². The third-order valence-electron chi connectivity index (χ3n) is 3.14. The molecule has 0 radical (unpaired) electrons. The topological polar surface area (TPSA) is 21.7 Å². The highest BCUT2D eigenvalue weighted by atomic mass is 16.7. The molecule has 0 N–H and O–H groups in total. The van der Waals surface area contributed by atoms with Gasteiger partial charge in [-0.25, -0.2) is 0 Å². The molecule has 0 atom stereocenters. The van der Waals surface area contributed by atoms with Gasteiger partial charge in [-0.3, -0.25) is 0 Å². The van der Waals surface area contributed by atoms with E-state index in [1.54, 1.807) is 0 Å². The Labute approximate surface area is 99.2 Å². The largest absolute Gasteiger partial charge is 0.494 e. The molecule has 1 heterocycles. The van der Waals surface area contributed by atoms with Crippen molar-refractivity contribution >= 4 is 7.12 Å². The van der Waals surface area contributed by atoms with Gasteiger partial charge >= 0.3 is 7.12 Å². The lowest BCUT2D eigenvalue weighted by Crippen LogP contribution is -2.41. The van der Waals surface area contributed by atoms with Crippen LogP contribution < -0.4 is 0 Å². The van der Waals surface area contributed by atoms with Crippen molar-refractivity contribution in [3.05, 3.63) is 24.3 Å². The summed E-state index contributed by atoms with van der Waals surface area (Å²) < 4.78 is 11.7. The monoisotopic (exact) mass is 223 g/mol. The van der Waals surface area contributed by atoms with Crippen molar-refractivity contribution in [3.8, 4) is 0 Å². The minimum atomic E-state index is -0.346. The van der Waals surface area contributed by atoms with Gasteiger partial charge in [0.1, 0.15) is 0 Å². The average Bonchev–Trinajstić information content (AvgIpc) is 2.32. The van der Waals surface area contributed by atoms with Crippen LogP contribution in [-0.2, 0) is 9.31 Å². The van der Waals surface area contributed by atoms with Gasteiger partial charge in [-0.2, -0.15) is 0 Å². The molecule has 1 aliphatic heterocycles. The number of rotatable bonds is 3. The highest BCUT2D eigenvalue weighted by molar-refractivity contribution is 6.55. The SMILES string of the molecule is C=C(/C=C\N(C)C)B1OC(C)(C)C(C)(C)O1. The van der Waals surface area contributed by atoms with Crippen molar-refractivity contribution in [1.29, 1.82) is 0 Å². The number of hydrogen-bond acceptors (Lipinski definition) is 3. The minimum absolute atomic E-state index is 0.299. The quantitative estimate of drug-likeness (QED) is 0.541. The van der Waals surface area contributed by atoms with Crippen LogP contribution in [0.1, 0.15) is 27.7 Å². The van der Waals surface area contributed by atoms with E-state index in [-0.39, 0.29) is 18.3 Å². The maximum Gasteiger partial charge on any atom is 0.494 e. The molecule has 0 unspecified atom stereocenters. The van der Waals surface area contributed by atoms with Crippen LogP contribution >= 0.6 is 0 Å². The standard InChI is InChI=1S/C12H22BNO2/c1-10(8-9-14(6)7)13-15-11(2,3)12(4,5)16-13/h8-9H,1H2,2-7H3/b9-8-. The molecule has 0 aliphatic carbocycles. The zero-order valence-corrected chi connectivity index (χ0v) is 11.2. The first-order valence-electron chi connectivity index (χ1n) is 5.55. The van der Waals surface area contributed by atoms with E-state index in [2.05, 4.69) is 6.58 Å². The summed E-state index contributed by atoms with van der Waals surface area (Å²) >= 11 is 0. The van der Waals surface area contributed by atoms with Crippen LogP contribution in [0.4, 0.5) is 0 Å². The molecule has 4 heteroatoms. The van der Waals surface area contributed by atoms with E-state index in [1.165, 1.54) is 0 Å². The molecule has 16 heavy (non-hydrogen) atoms. The maximum absolute atomic E-state index is 5.87. The van der Waals surface area contributed by atoms with Gasteiger partial charge in [0.15, 0.2) is 0 Å². The first-order chi connectivity index (χ1) is 7.16. The van der Waals surface area contributed by atoms with Crippen LogP contribution in [0.5, 0.6) is 0 Å². The zero-order chi connectivity index (χ0) is 12.6. The molecule has 0 saturated carbocycles. The molecule has 0 bridgehead atoms. The summed E-state index contributed by atoms with van der Waals surface area (Å²) in [6, 6.07) is 0. The van der Waals surface area contributed by atoms with Gasteiger partial charge in [0.05, 0.1) is 11.2 Å². The van der Waals surface area contributed by atoms with Crippen molar-refractivity contribution in [1.82, 2.24) is 4.90 Å². The van der Waals surface area contributed by atoms with Crippen molar-refractivity contribution in [2.45, 2.75) is 38.9 Å². The van der Waals surface area contributed by atoms with Crippen LogP contribution in [-0.4, -0.2) is 37.3 Å². The lowest BCUT2D eigenvalue weighted by Gasteiger charge is -2.32. The minimum Gasteiger partial charge on any atom is -0.399 e. The van der Waals surface area contributed by atoms with Crippen LogP contribution in [0.15, 0.2) is 24.3 Å². The number of allylic oxidation sites excluding steroid dienone is 2. The lowest BCUT2D eigenvalue weighted by atomic mass is 9.79. The highest BCUT2D eigenvalue weighted by Gasteiger charge is 2.51. The fourth-order valence-electron chi connectivity index (χ4n) is 1.32. The Morgan fingerprint density at radius 1 is 1.12 bits per heavy atom. The van der Waals surface area contributed by atoms with E-state index >= 15 is 0 Å². The molecular formula is C12H22BNO2. The summed E-state index contributed by atoms with van der Waals surface area (Å²) in [5, 5.41) is 0. The predicted molar refractivity (Wildman–Crippen MR) is 68.0 cm³/mol. The van der Waals surface area contributed by atoms with Crippen LogP contribution in [0.25, 0.3) is 0 Å². The third-order valence-corrected chi connectivity index (χ3v) is 3.14. The predicted octanol–water partition coefficient (Wildman–Crippen LogP) is 2.25. The van der Waals surface area contributed by atoms with Crippen LogP contribution in [0.3, 0.4) is 0 Å². The Kier molecular flexibility index (Phi) is 3.55. The Morgan fingerprint density at radius 2 is 1.56 bits per heavy atom. The van der Waals surface area contributed by atoms with Gasteiger partial charge < -0.3 is 14.2 Å². The normalized spacial score (nSPS) is 22.8. The molecule has 1 saturated heterocycles. The molecule has 1 aliphatic rings. The van der Waals surface area contributed by atoms with E-state index in [1.807, 2.05) is 59.0 Å². The van der Waals surface area contributed by atoms with Gasteiger partial charge in [-0.15, -0.1) is 0 Å². The first kappa shape index (κ1) is 13.3. The molecule has 0 amide bonds. The molecule has 0 aromatic rings. The summed E-state index contributed by atoms with van der Waals surface area (Å²) in [6.07, 6.45) is 3.86. The molecular weight excluding hydrogens is 201 g/mol. The fraction of sp³-hybridized carbons (Fsp3) is 0.667. The van der Waals surface area contributed by atoms with Gasteiger partial charge in [0.25, 0.3) is 0 Å². The molecule has 0 spiro atoms. The summed E-state index contributed by atoms with van der Waals surface area (Å²) in [5.41, 5.74) is 0.242. The Balaban J connectivity index is 2.70. The average molecular weight is 223 g/mol. The molecule has 1 rings (SSSR count). The number of nitrogens with zero attached hydrogens (tertiary/aromatic N) is 1. The highest BCUT2D eigenvalue weighted by Crippen LogP contribution is 2.38. The number of hydrogen-bond donors (Lipinski definition) is 0. The summed E-state index contributed by atoms with van der Waals surface area (Å²) in [5.74, 6) is 0. The summed E-state index contributed by atoms with van der Waals surface area (Å²) in [7, 11) is 3.59. The molecule has 90 valence electrons. The van der Waals surface area contributed by atoms with Crippen molar-refractivity contribution in [3.63, 3.8) is 0 Å². The fourth-order valence-corrected chi connectivity index (χ4v) is 1.32. The van der Waals surface area contributed by atoms with E-state index in [4.69, 9.17) is 9.31 Å². The van der Waals surface area contributed by atoms with E-state index < -0.39 is 0 Å². The van der Waals surface area contributed by atoms with Crippen molar-refractivity contribution in [2.75, 3.05) is 14.1 Å².